The van der Waals surface area contributed by atoms with E-state index < -0.39 is 0 Å². The molecule has 3 aromatic carbocycles. The average Bonchev–Trinajstić information content (AvgIpc) is 3.24. The van der Waals surface area contributed by atoms with Crippen molar-refractivity contribution >= 4 is 52.1 Å². The van der Waals surface area contributed by atoms with Crippen LogP contribution in [0.5, 0.6) is 0 Å². The van der Waals surface area contributed by atoms with Crippen LogP contribution in [-0.2, 0) is 0 Å². The zero-order valence-electron chi connectivity index (χ0n) is 15.1. The molecule has 2 nitrogen and oxygen atoms in total. The molecule has 0 radical (unpaired) electrons. The Kier molecular flexibility index (Phi) is 7.62. The maximum atomic E-state index is 11.8. The fraction of sp³-hybridized carbons (Fsp3) is 0.0417. The van der Waals surface area contributed by atoms with Gasteiger partial charge in [0.1, 0.15) is 11.3 Å². The van der Waals surface area contributed by atoms with Crippen molar-refractivity contribution in [2.24, 2.45) is 0 Å². The van der Waals surface area contributed by atoms with Crippen LogP contribution in [0.15, 0.2) is 106 Å². The van der Waals surface area contributed by atoms with Crippen LogP contribution >= 0.6 is 24.8 Å². The number of hydrogen-bond donors (Lipinski definition) is 0. The second-order valence-electron chi connectivity index (χ2n) is 6.14. The Hall–Kier alpha value is -2.81. The van der Waals surface area contributed by atoms with E-state index in [4.69, 9.17) is 4.42 Å². The van der Waals surface area contributed by atoms with Gasteiger partial charge in [0, 0.05) is 6.07 Å². The van der Waals surface area contributed by atoms with Crippen molar-refractivity contribution in [1.82, 2.24) is 0 Å². The second kappa shape index (κ2) is 9.93. The van der Waals surface area contributed by atoms with Gasteiger partial charge in [-0.1, -0.05) is 78.9 Å². The number of hydrogen-bond acceptors (Lipinski definition) is 2. The van der Waals surface area contributed by atoms with Crippen molar-refractivity contribution in [3.63, 3.8) is 0 Å². The molecule has 1 heterocycles. The largest absolute Gasteiger partial charge is 0.456 e. The Balaban J connectivity index is 0.000000204. The van der Waals surface area contributed by atoms with Gasteiger partial charge in [-0.2, -0.15) is 0 Å². The van der Waals surface area contributed by atoms with Crippen LogP contribution in [-0.4, -0.2) is 0 Å². The van der Waals surface area contributed by atoms with Gasteiger partial charge in [-0.25, -0.2) is 0 Å². The average molecular weight is 411 g/mol. The van der Waals surface area contributed by atoms with E-state index in [-0.39, 0.29) is 30.2 Å². The molecule has 1 aliphatic carbocycles. The third kappa shape index (κ3) is 4.72. The van der Waals surface area contributed by atoms with E-state index in [1.54, 1.807) is 12.1 Å². The molecule has 1 aliphatic rings. The van der Waals surface area contributed by atoms with Gasteiger partial charge >= 0.3 is 0 Å². The van der Waals surface area contributed by atoms with E-state index in [0.717, 1.165) is 12.0 Å². The molecule has 4 aromatic rings. The number of rotatable bonds is 1. The van der Waals surface area contributed by atoms with Gasteiger partial charge < -0.3 is 4.42 Å². The van der Waals surface area contributed by atoms with E-state index in [1.165, 1.54) is 10.8 Å². The third-order valence-corrected chi connectivity index (χ3v) is 4.38. The predicted molar refractivity (Wildman–Crippen MR) is 123 cm³/mol. The van der Waals surface area contributed by atoms with Gasteiger partial charge in [0.2, 0.25) is 0 Å². The van der Waals surface area contributed by atoms with Crippen LogP contribution in [0.3, 0.4) is 0 Å². The molecule has 0 aliphatic heterocycles. The highest BCUT2D eigenvalue weighted by atomic mass is 35.5. The van der Waals surface area contributed by atoms with Crippen LogP contribution in [0.2, 0.25) is 0 Å². The summed E-state index contributed by atoms with van der Waals surface area (Å²) in [4.78, 5) is 11.8. The zero-order chi connectivity index (χ0) is 17.8. The highest BCUT2D eigenvalue weighted by molar-refractivity contribution is 5.85. The lowest BCUT2D eigenvalue weighted by atomic mass is 10.1. The van der Waals surface area contributed by atoms with Crippen molar-refractivity contribution in [2.75, 3.05) is 0 Å². The molecule has 4 heteroatoms. The molecule has 0 amide bonds. The lowest BCUT2D eigenvalue weighted by molar-refractivity contribution is 0.585. The fourth-order valence-electron chi connectivity index (χ4n) is 3.03. The van der Waals surface area contributed by atoms with Crippen LogP contribution in [0.1, 0.15) is 12.2 Å². The van der Waals surface area contributed by atoms with E-state index in [9.17, 15) is 4.79 Å². The summed E-state index contributed by atoms with van der Waals surface area (Å²) in [6.07, 6.45) is 6.84. The van der Waals surface area contributed by atoms with E-state index in [2.05, 4.69) is 48.5 Å². The summed E-state index contributed by atoms with van der Waals surface area (Å²) in [5.74, 6) is 0.675. The van der Waals surface area contributed by atoms with Gasteiger partial charge in [0.05, 0.1) is 5.39 Å². The first-order chi connectivity index (χ1) is 12.8. The SMILES string of the molecule is Cl.Cl.O=c1cc(C2=CC=CC2)oc2ccccc12.c1ccc2ccccc2c1. The summed E-state index contributed by atoms with van der Waals surface area (Å²) >= 11 is 0. The van der Waals surface area contributed by atoms with Crippen LogP contribution in [0.25, 0.3) is 27.3 Å². The molecule has 0 spiro atoms. The molecule has 0 unspecified atom stereocenters. The van der Waals surface area contributed by atoms with Crippen molar-refractivity contribution in [3.05, 3.63) is 113 Å². The predicted octanol–water partition coefficient (Wildman–Crippen LogP) is 6.82. The molecule has 0 saturated heterocycles. The number of benzene rings is 3. The second-order valence-corrected chi connectivity index (χ2v) is 6.14. The molecule has 0 fully saturated rings. The standard InChI is InChI=1S/C14H10O2.C10H8.2ClH/c15-12-9-14(10-5-1-2-6-10)16-13-8-4-3-7-11(12)13;1-2-6-10-8-4-3-7-9(10)5-1;;/h1-5,7-9H,6H2;1-8H;2*1H. The van der Waals surface area contributed by atoms with Crippen molar-refractivity contribution < 1.29 is 4.42 Å². The molecule has 0 atom stereocenters. The summed E-state index contributed by atoms with van der Waals surface area (Å²) in [5, 5.41) is 3.26. The zero-order valence-corrected chi connectivity index (χ0v) is 16.7. The Bertz CT molecular complexity index is 1120. The highest BCUT2D eigenvalue weighted by Crippen LogP contribution is 2.24. The Labute approximate surface area is 176 Å². The normalized spacial score (nSPS) is 11.8. The summed E-state index contributed by atoms with van der Waals surface area (Å²) in [5.41, 5.74) is 1.73. The summed E-state index contributed by atoms with van der Waals surface area (Å²) in [6, 6.07) is 25.6. The van der Waals surface area contributed by atoms with E-state index in [1.807, 2.05) is 36.4 Å². The Morgan fingerprint density at radius 3 is 1.89 bits per heavy atom. The molecular formula is C24H20Cl2O2. The van der Waals surface area contributed by atoms with Crippen molar-refractivity contribution in [3.8, 4) is 0 Å². The first kappa shape index (κ1) is 21.5. The van der Waals surface area contributed by atoms with Gasteiger partial charge in [-0.3, -0.25) is 4.79 Å². The topological polar surface area (TPSA) is 30.2 Å². The minimum absolute atomic E-state index is 0. The molecule has 0 bridgehead atoms. The molecule has 1 aromatic heterocycles. The highest BCUT2D eigenvalue weighted by Gasteiger charge is 2.09. The Morgan fingerprint density at radius 2 is 1.32 bits per heavy atom. The van der Waals surface area contributed by atoms with Crippen LogP contribution in [0.4, 0.5) is 0 Å². The number of allylic oxidation sites excluding steroid dienone is 4. The lowest BCUT2D eigenvalue weighted by Gasteiger charge is -2.02. The monoisotopic (exact) mass is 410 g/mol. The molecule has 142 valence electrons. The van der Waals surface area contributed by atoms with E-state index in [0.29, 0.717) is 16.7 Å². The van der Waals surface area contributed by atoms with Gasteiger partial charge in [0.15, 0.2) is 5.43 Å². The van der Waals surface area contributed by atoms with Gasteiger partial charge in [-0.05, 0) is 34.9 Å². The third-order valence-electron chi connectivity index (χ3n) is 4.38. The lowest BCUT2D eigenvalue weighted by Crippen LogP contribution is -2.01. The smallest absolute Gasteiger partial charge is 0.193 e. The first-order valence-corrected chi connectivity index (χ1v) is 8.64. The number of fused-ring (bicyclic) bond motifs is 2. The molecule has 0 N–H and O–H groups in total. The molecular weight excluding hydrogens is 391 g/mol. The Morgan fingerprint density at radius 1 is 0.750 bits per heavy atom. The fourth-order valence-corrected chi connectivity index (χ4v) is 3.03. The molecule has 28 heavy (non-hydrogen) atoms. The quantitative estimate of drug-likeness (QED) is 0.344. The van der Waals surface area contributed by atoms with E-state index >= 15 is 0 Å². The summed E-state index contributed by atoms with van der Waals surface area (Å²) in [7, 11) is 0. The van der Waals surface area contributed by atoms with Gasteiger partial charge in [-0.15, -0.1) is 24.8 Å². The first-order valence-electron chi connectivity index (χ1n) is 8.64. The minimum atomic E-state index is 0. The maximum Gasteiger partial charge on any atom is 0.193 e. The summed E-state index contributed by atoms with van der Waals surface area (Å²) < 4.78 is 5.72. The van der Waals surface area contributed by atoms with Crippen LogP contribution < -0.4 is 5.43 Å². The summed E-state index contributed by atoms with van der Waals surface area (Å²) in [6.45, 7) is 0. The molecule has 0 saturated carbocycles. The van der Waals surface area contributed by atoms with Crippen molar-refractivity contribution in [1.29, 1.82) is 0 Å². The van der Waals surface area contributed by atoms with Gasteiger partial charge in [0.25, 0.3) is 0 Å². The number of halogens is 2. The minimum Gasteiger partial charge on any atom is -0.456 e. The van der Waals surface area contributed by atoms with Crippen molar-refractivity contribution in [2.45, 2.75) is 6.42 Å². The maximum absolute atomic E-state index is 11.8. The molecule has 5 rings (SSSR count). The number of para-hydroxylation sites is 1. The van der Waals surface area contributed by atoms with Crippen LogP contribution in [0, 0.1) is 0 Å².